The second-order valence-corrected chi connectivity index (χ2v) is 10.3. The molecule has 3 heterocycles. The number of aliphatic hydroxyl groups is 1. The first-order chi connectivity index (χ1) is 16.7. The van der Waals surface area contributed by atoms with Crippen LogP contribution in [0.5, 0.6) is 0 Å². The number of carbonyl (C=O) groups excluding carboxylic acids is 1. The van der Waals surface area contributed by atoms with Crippen LogP contribution in [0.25, 0.3) is 11.0 Å². The second-order valence-electron chi connectivity index (χ2n) is 10.3. The maximum Gasteiger partial charge on any atom is 0.416 e. The lowest BCUT2D eigenvalue weighted by atomic mass is 9.68. The molecule has 1 saturated carbocycles. The van der Waals surface area contributed by atoms with E-state index in [1.807, 2.05) is 4.57 Å². The molecular formula is C25H27FN6O3. The summed E-state index contributed by atoms with van der Waals surface area (Å²) in [5.41, 5.74) is -0.268. The monoisotopic (exact) mass is 478 g/mol. The number of nitriles is 1. The molecule has 182 valence electrons. The van der Waals surface area contributed by atoms with Crippen molar-refractivity contribution in [3.63, 3.8) is 0 Å². The van der Waals surface area contributed by atoms with Gasteiger partial charge >= 0.3 is 6.09 Å². The molecule has 3 aromatic rings. The molecule has 0 bridgehead atoms. The van der Waals surface area contributed by atoms with Gasteiger partial charge in [0, 0.05) is 12.0 Å². The van der Waals surface area contributed by atoms with Gasteiger partial charge in [0.05, 0.1) is 60.3 Å². The molecule has 0 radical (unpaired) electrons. The molecule has 2 aromatic heterocycles. The molecule has 2 atom stereocenters. The van der Waals surface area contributed by atoms with Crippen molar-refractivity contribution in [2.24, 2.45) is 5.41 Å². The van der Waals surface area contributed by atoms with Crippen molar-refractivity contribution >= 4 is 22.9 Å². The van der Waals surface area contributed by atoms with E-state index in [1.54, 1.807) is 38.4 Å². The van der Waals surface area contributed by atoms with Crippen LogP contribution >= 0.6 is 0 Å². The number of nitrogens with zero attached hydrogens (tertiary/aromatic N) is 6. The van der Waals surface area contributed by atoms with E-state index >= 15 is 0 Å². The zero-order valence-corrected chi connectivity index (χ0v) is 19.7. The van der Waals surface area contributed by atoms with Gasteiger partial charge in [-0.15, -0.1) is 0 Å². The summed E-state index contributed by atoms with van der Waals surface area (Å²) in [5, 5.41) is 19.4. The number of aromatic nitrogens is 4. The molecule has 0 unspecified atom stereocenters. The van der Waals surface area contributed by atoms with Gasteiger partial charge < -0.3 is 14.4 Å². The maximum absolute atomic E-state index is 14.7. The van der Waals surface area contributed by atoms with Crippen LogP contribution in [0.15, 0.2) is 36.9 Å². The molecule has 10 heteroatoms. The molecule has 1 aliphatic carbocycles. The van der Waals surface area contributed by atoms with Crippen LogP contribution in [-0.4, -0.2) is 49.5 Å². The van der Waals surface area contributed by atoms with Gasteiger partial charge in [-0.1, -0.05) is 0 Å². The molecule has 1 aromatic carbocycles. The number of hydrogen-bond acceptors (Lipinski definition) is 7. The van der Waals surface area contributed by atoms with Gasteiger partial charge in [-0.25, -0.2) is 14.8 Å². The Labute approximate surface area is 202 Å². The Kier molecular flexibility index (Phi) is 5.48. The molecule has 35 heavy (non-hydrogen) atoms. The largest absolute Gasteiger partial charge is 0.441 e. The van der Waals surface area contributed by atoms with Crippen molar-refractivity contribution in [2.45, 2.75) is 57.3 Å². The van der Waals surface area contributed by atoms with Gasteiger partial charge in [-0.2, -0.15) is 5.26 Å². The Morgan fingerprint density at radius 1 is 1.26 bits per heavy atom. The van der Waals surface area contributed by atoms with E-state index in [4.69, 9.17) is 4.74 Å². The van der Waals surface area contributed by atoms with Crippen LogP contribution in [0, 0.1) is 16.7 Å². The van der Waals surface area contributed by atoms with Crippen LogP contribution in [-0.2, 0) is 16.9 Å². The summed E-state index contributed by atoms with van der Waals surface area (Å²) in [7, 11) is 0. The van der Waals surface area contributed by atoms with Crippen molar-refractivity contribution in [1.82, 2.24) is 19.5 Å². The topological polar surface area (TPSA) is 117 Å². The third-order valence-electron chi connectivity index (χ3n) is 7.09. The Morgan fingerprint density at radius 3 is 2.77 bits per heavy atom. The Hall–Kier alpha value is -3.58. The fourth-order valence-electron chi connectivity index (χ4n) is 5.35. The van der Waals surface area contributed by atoms with Crippen molar-refractivity contribution in [3.8, 4) is 6.07 Å². The molecule has 1 amide bonds. The molecule has 1 spiro atoms. The average Bonchev–Trinajstić information content (AvgIpc) is 3.38. The maximum atomic E-state index is 14.7. The highest BCUT2D eigenvalue weighted by Crippen LogP contribution is 2.48. The number of ether oxygens (including phenoxy) is 1. The Morgan fingerprint density at radius 2 is 2.09 bits per heavy atom. The van der Waals surface area contributed by atoms with Gasteiger partial charge in [0.2, 0.25) is 0 Å². The van der Waals surface area contributed by atoms with E-state index in [0.717, 1.165) is 11.0 Å². The van der Waals surface area contributed by atoms with Gasteiger partial charge in [0.1, 0.15) is 11.2 Å². The van der Waals surface area contributed by atoms with Crippen LogP contribution in [0.2, 0.25) is 0 Å². The highest BCUT2D eigenvalue weighted by Gasteiger charge is 2.53. The third kappa shape index (κ3) is 4.21. The number of imidazole rings is 1. The summed E-state index contributed by atoms with van der Waals surface area (Å²) in [4.78, 5) is 27.2. The van der Waals surface area contributed by atoms with Gasteiger partial charge in [-0.3, -0.25) is 14.3 Å². The molecule has 1 saturated heterocycles. The van der Waals surface area contributed by atoms with E-state index in [9.17, 15) is 19.6 Å². The molecule has 2 fully saturated rings. The van der Waals surface area contributed by atoms with Crippen molar-refractivity contribution in [2.75, 3.05) is 18.1 Å². The number of halogens is 1. The van der Waals surface area contributed by atoms with Crippen LogP contribution in [0.3, 0.4) is 0 Å². The van der Waals surface area contributed by atoms with Crippen molar-refractivity contribution < 1.29 is 19.0 Å². The van der Waals surface area contributed by atoms with Crippen LogP contribution in [0.1, 0.15) is 50.8 Å². The molecule has 1 N–H and O–H groups in total. The lowest BCUT2D eigenvalue weighted by Crippen LogP contribution is -2.47. The average molecular weight is 479 g/mol. The summed E-state index contributed by atoms with van der Waals surface area (Å²) in [6.07, 6.45) is 6.41. The predicted molar refractivity (Wildman–Crippen MR) is 125 cm³/mol. The van der Waals surface area contributed by atoms with Gasteiger partial charge in [-0.05, 0) is 57.7 Å². The molecule has 9 nitrogen and oxygen atoms in total. The van der Waals surface area contributed by atoms with Crippen molar-refractivity contribution in [3.05, 3.63) is 48.2 Å². The van der Waals surface area contributed by atoms with Gasteiger partial charge in [0.25, 0.3) is 0 Å². The number of rotatable bonds is 5. The second kappa shape index (κ2) is 8.27. The summed E-state index contributed by atoms with van der Waals surface area (Å²) >= 11 is 0. The lowest BCUT2D eigenvalue weighted by molar-refractivity contribution is -0.0420. The normalized spacial score (nSPS) is 24.7. The highest BCUT2D eigenvalue weighted by atomic mass is 19.1. The minimum atomic E-state index is -1.14. The molecule has 5 rings (SSSR count). The quantitative estimate of drug-likeness (QED) is 0.592. The number of anilines is 1. The number of amides is 1. The van der Waals surface area contributed by atoms with Crippen LogP contribution in [0.4, 0.5) is 15.0 Å². The number of benzene rings is 1. The predicted octanol–water partition coefficient (Wildman–Crippen LogP) is 3.85. The molecular weight excluding hydrogens is 451 g/mol. The minimum absolute atomic E-state index is 0.257. The first-order valence-electron chi connectivity index (χ1n) is 11.6. The lowest BCUT2D eigenvalue weighted by Gasteiger charge is -2.43. The van der Waals surface area contributed by atoms with E-state index in [-0.39, 0.29) is 6.54 Å². The smallest absolute Gasteiger partial charge is 0.416 e. The SMILES string of the molecule is CC(C)(O)c1cnc(N2C[C@@]3(CCC[C@](CF)(Cn4cnc5ccc(C#N)cc54)C3)OC2=O)cn1. The summed E-state index contributed by atoms with van der Waals surface area (Å²) < 4.78 is 22.5. The summed E-state index contributed by atoms with van der Waals surface area (Å²) in [6, 6.07) is 7.40. The molecule has 1 aliphatic heterocycles. The standard InChI is InChI=1S/C25H27FN6O3/c1-23(2,34)20-10-29-21(11-28-20)32-15-25(35-22(32)33)7-3-6-24(12-25,13-26)14-31-16-30-18-5-4-17(9-27)8-19(18)31/h4-5,8,10-11,16,34H,3,6-7,12-15H2,1-2H3/t24-,25-/m0/s1. The van der Waals surface area contributed by atoms with Crippen molar-refractivity contribution in [1.29, 1.82) is 5.26 Å². The number of carbonyl (C=O) groups is 1. The zero-order chi connectivity index (χ0) is 24.8. The van der Waals surface area contributed by atoms with Gasteiger partial charge in [0.15, 0.2) is 5.82 Å². The fraction of sp³-hybridized carbons (Fsp3) is 0.480. The van der Waals surface area contributed by atoms with E-state index in [2.05, 4.69) is 21.0 Å². The van der Waals surface area contributed by atoms with Crippen LogP contribution < -0.4 is 4.90 Å². The Balaban J connectivity index is 1.39. The summed E-state index contributed by atoms with van der Waals surface area (Å²) in [5.74, 6) is 0.334. The fourth-order valence-corrected chi connectivity index (χ4v) is 5.35. The number of hydrogen-bond donors (Lipinski definition) is 1. The van der Waals surface area contributed by atoms with E-state index in [1.165, 1.54) is 17.3 Å². The molecule has 2 aliphatic rings. The number of fused-ring (bicyclic) bond motifs is 1. The first kappa shape index (κ1) is 23.2. The first-order valence-corrected chi connectivity index (χ1v) is 11.6. The summed E-state index contributed by atoms with van der Waals surface area (Å²) in [6.45, 7) is 3.28. The minimum Gasteiger partial charge on any atom is -0.441 e. The Bertz CT molecular complexity index is 1310. The third-order valence-corrected chi connectivity index (χ3v) is 7.09. The number of alkyl halides is 1. The van der Waals surface area contributed by atoms with E-state index < -0.39 is 29.4 Å². The highest BCUT2D eigenvalue weighted by molar-refractivity contribution is 5.89. The zero-order valence-electron chi connectivity index (χ0n) is 19.7. The van der Waals surface area contributed by atoms with E-state index in [0.29, 0.717) is 49.3 Å².